The van der Waals surface area contributed by atoms with Gasteiger partial charge in [-0.2, -0.15) is 0 Å². The molecule has 0 saturated heterocycles. The van der Waals surface area contributed by atoms with Crippen molar-refractivity contribution >= 4 is 23.4 Å². The van der Waals surface area contributed by atoms with Crippen molar-refractivity contribution in [3.63, 3.8) is 0 Å². The zero-order valence-corrected chi connectivity index (χ0v) is 10.9. The minimum Gasteiger partial charge on any atom is -0.394 e. The SMILES string of the molecule is CNc1cc(NCCOCCO)nc(SC)n1. The molecule has 0 aromatic carbocycles. The van der Waals surface area contributed by atoms with Gasteiger partial charge in [0.2, 0.25) is 0 Å². The lowest BCUT2D eigenvalue weighted by Gasteiger charge is -2.08. The van der Waals surface area contributed by atoms with Gasteiger partial charge in [-0.05, 0) is 6.26 Å². The van der Waals surface area contributed by atoms with Gasteiger partial charge in [0.1, 0.15) is 11.6 Å². The Morgan fingerprint density at radius 2 is 2.12 bits per heavy atom. The van der Waals surface area contributed by atoms with Crippen LogP contribution in [0.2, 0.25) is 0 Å². The summed E-state index contributed by atoms with van der Waals surface area (Å²) in [6, 6.07) is 1.84. The lowest BCUT2D eigenvalue weighted by Crippen LogP contribution is -2.12. The van der Waals surface area contributed by atoms with Crippen molar-refractivity contribution in [1.29, 1.82) is 0 Å². The zero-order valence-electron chi connectivity index (χ0n) is 10.1. The molecule has 0 aliphatic carbocycles. The van der Waals surface area contributed by atoms with Gasteiger partial charge >= 0.3 is 0 Å². The summed E-state index contributed by atoms with van der Waals surface area (Å²) in [4.78, 5) is 8.58. The summed E-state index contributed by atoms with van der Waals surface area (Å²) in [6.45, 7) is 1.60. The summed E-state index contributed by atoms with van der Waals surface area (Å²) < 4.78 is 5.14. The largest absolute Gasteiger partial charge is 0.394 e. The van der Waals surface area contributed by atoms with Crippen LogP contribution in [0.3, 0.4) is 0 Å². The number of thioether (sulfide) groups is 1. The summed E-state index contributed by atoms with van der Waals surface area (Å²) in [5.41, 5.74) is 0. The van der Waals surface area contributed by atoms with E-state index in [2.05, 4.69) is 20.6 Å². The molecule has 1 rings (SSSR count). The molecular weight excluding hydrogens is 240 g/mol. The lowest BCUT2D eigenvalue weighted by molar-refractivity contribution is 0.0992. The molecular formula is C10H18N4O2S. The van der Waals surface area contributed by atoms with Gasteiger partial charge in [-0.15, -0.1) is 0 Å². The van der Waals surface area contributed by atoms with Gasteiger partial charge < -0.3 is 20.5 Å². The lowest BCUT2D eigenvalue weighted by atomic mass is 10.5. The van der Waals surface area contributed by atoms with E-state index in [4.69, 9.17) is 9.84 Å². The van der Waals surface area contributed by atoms with Crippen molar-refractivity contribution in [2.45, 2.75) is 5.16 Å². The Labute approximate surface area is 105 Å². The normalized spacial score (nSPS) is 10.3. The first-order valence-corrected chi connectivity index (χ1v) is 6.56. The van der Waals surface area contributed by atoms with E-state index in [1.54, 1.807) is 0 Å². The maximum Gasteiger partial charge on any atom is 0.191 e. The average molecular weight is 258 g/mol. The first-order chi connectivity index (χ1) is 8.30. The Bertz CT molecular complexity index is 316. The number of rotatable bonds is 8. The van der Waals surface area contributed by atoms with E-state index in [0.717, 1.165) is 16.8 Å². The van der Waals surface area contributed by atoms with Crippen LogP contribution in [0.4, 0.5) is 11.6 Å². The van der Waals surface area contributed by atoms with E-state index in [1.807, 2.05) is 19.4 Å². The van der Waals surface area contributed by atoms with E-state index in [1.165, 1.54) is 11.8 Å². The Kier molecular flexibility index (Phi) is 6.68. The Morgan fingerprint density at radius 3 is 2.76 bits per heavy atom. The van der Waals surface area contributed by atoms with Crippen molar-refractivity contribution in [2.24, 2.45) is 0 Å². The van der Waals surface area contributed by atoms with Crippen LogP contribution in [0, 0.1) is 0 Å². The molecule has 0 aliphatic rings. The highest BCUT2D eigenvalue weighted by Crippen LogP contribution is 2.16. The molecule has 0 fully saturated rings. The van der Waals surface area contributed by atoms with Crippen LogP contribution < -0.4 is 10.6 Å². The maximum atomic E-state index is 8.54. The van der Waals surface area contributed by atoms with Gasteiger partial charge in [0.15, 0.2) is 5.16 Å². The molecule has 7 heteroatoms. The molecule has 0 amide bonds. The first kappa shape index (κ1) is 14.0. The molecule has 0 atom stereocenters. The van der Waals surface area contributed by atoms with Gasteiger partial charge in [-0.3, -0.25) is 0 Å². The fourth-order valence-electron chi connectivity index (χ4n) is 1.15. The number of nitrogens with one attached hydrogen (secondary N) is 2. The monoisotopic (exact) mass is 258 g/mol. The minimum absolute atomic E-state index is 0.0496. The molecule has 0 bridgehead atoms. The highest BCUT2D eigenvalue weighted by atomic mass is 32.2. The van der Waals surface area contributed by atoms with Crippen molar-refractivity contribution in [2.75, 3.05) is 50.3 Å². The van der Waals surface area contributed by atoms with Gasteiger partial charge in [0.25, 0.3) is 0 Å². The fourth-order valence-corrected chi connectivity index (χ4v) is 1.53. The van der Waals surface area contributed by atoms with Crippen LogP contribution in [0.5, 0.6) is 0 Å². The number of hydrogen-bond donors (Lipinski definition) is 3. The van der Waals surface area contributed by atoms with E-state index in [9.17, 15) is 0 Å². The third-order valence-corrected chi connectivity index (χ3v) is 2.48. The van der Waals surface area contributed by atoms with E-state index < -0.39 is 0 Å². The second kappa shape index (κ2) is 8.10. The predicted molar refractivity (Wildman–Crippen MR) is 69.8 cm³/mol. The Morgan fingerprint density at radius 1 is 1.35 bits per heavy atom. The number of aliphatic hydroxyl groups is 1. The second-order valence-electron chi connectivity index (χ2n) is 3.14. The molecule has 3 N–H and O–H groups in total. The number of aromatic nitrogens is 2. The Balaban J connectivity index is 2.46. The van der Waals surface area contributed by atoms with Crippen molar-refractivity contribution < 1.29 is 9.84 Å². The number of aliphatic hydroxyl groups excluding tert-OH is 1. The molecule has 6 nitrogen and oxygen atoms in total. The Hall–Kier alpha value is -1.05. The molecule has 1 aromatic rings. The third kappa shape index (κ3) is 5.20. The van der Waals surface area contributed by atoms with Gasteiger partial charge in [0.05, 0.1) is 19.8 Å². The highest BCUT2D eigenvalue weighted by Gasteiger charge is 2.02. The molecule has 1 heterocycles. The predicted octanol–water partition coefficient (Wildman–Crippen LogP) is 0.661. The summed E-state index contributed by atoms with van der Waals surface area (Å²) in [7, 11) is 1.82. The zero-order chi connectivity index (χ0) is 12.5. The van der Waals surface area contributed by atoms with Crippen molar-refractivity contribution in [1.82, 2.24) is 9.97 Å². The highest BCUT2D eigenvalue weighted by molar-refractivity contribution is 7.98. The molecule has 0 saturated carbocycles. The molecule has 0 radical (unpaired) electrons. The van der Waals surface area contributed by atoms with Crippen LogP contribution in [-0.2, 0) is 4.74 Å². The second-order valence-corrected chi connectivity index (χ2v) is 3.91. The number of hydrogen-bond acceptors (Lipinski definition) is 7. The van der Waals surface area contributed by atoms with E-state index in [-0.39, 0.29) is 6.61 Å². The molecule has 1 aromatic heterocycles. The minimum atomic E-state index is 0.0496. The quantitative estimate of drug-likeness (QED) is 0.359. The van der Waals surface area contributed by atoms with Gasteiger partial charge in [-0.25, -0.2) is 9.97 Å². The molecule has 0 unspecified atom stereocenters. The van der Waals surface area contributed by atoms with Crippen LogP contribution >= 0.6 is 11.8 Å². The summed E-state index contributed by atoms with van der Waals surface area (Å²) >= 11 is 1.49. The fraction of sp³-hybridized carbons (Fsp3) is 0.600. The van der Waals surface area contributed by atoms with Crippen LogP contribution in [-0.4, -0.2) is 54.7 Å². The third-order valence-electron chi connectivity index (χ3n) is 1.93. The summed E-state index contributed by atoms with van der Waals surface area (Å²) in [5.74, 6) is 1.55. The van der Waals surface area contributed by atoms with Gasteiger partial charge in [-0.1, -0.05) is 11.8 Å². The smallest absolute Gasteiger partial charge is 0.191 e. The van der Waals surface area contributed by atoms with Crippen LogP contribution in [0.25, 0.3) is 0 Å². The summed E-state index contributed by atoms with van der Waals surface area (Å²) in [6.07, 6.45) is 1.93. The molecule has 96 valence electrons. The number of ether oxygens (including phenoxy) is 1. The number of anilines is 2. The van der Waals surface area contributed by atoms with Crippen LogP contribution in [0.15, 0.2) is 11.2 Å². The topological polar surface area (TPSA) is 79.3 Å². The standard InChI is InChI=1S/C10H18N4O2S/c1-11-8-7-9(14-10(13-8)17-2)12-3-5-16-6-4-15/h7,15H,3-6H2,1-2H3,(H2,11,12,13,14). The first-order valence-electron chi connectivity index (χ1n) is 5.33. The van der Waals surface area contributed by atoms with E-state index >= 15 is 0 Å². The van der Waals surface area contributed by atoms with Crippen LogP contribution in [0.1, 0.15) is 0 Å². The number of nitrogens with zero attached hydrogens (tertiary/aromatic N) is 2. The van der Waals surface area contributed by atoms with Gasteiger partial charge in [0, 0.05) is 19.7 Å². The maximum absolute atomic E-state index is 8.54. The van der Waals surface area contributed by atoms with Crippen molar-refractivity contribution in [3.8, 4) is 0 Å². The summed E-state index contributed by atoms with van der Waals surface area (Å²) in [5, 5.41) is 15.4. The average Bonchev–Trinajstić information content (AvgIpc) is 2.38. The van der Waals surface area contributed by atoms with E-state index in [0.29, 0.717) is 19.8 Å². The molecule has 0 spiro atoms. The van der Waals surface area contributed by atoms with Crippen molar-refractivity contribution in [3.05, 3.63) is 6.07 Å². The molecule has 0 aliphatic heterocycles. The molecule has 17 heavy (non-hydrogen) atoms.